The third-order valence-corrected chi connectivity index (χ3v) is 3.84. The van der Waals surface area contributed by atoms with Gasteiger partial charge in [-0.3, -0.25) is 14.3 Å². The maximum absolute atomic E-state index is 11.7. The lowest BCUT2D eigenvalue weighted by Gasteiger charge is -2.37. The van der Waals surface area contributed by atoms with E-state index in [0.29, 0.717) is 0 Å². The first-order chi connectivity index (χ1) is 8.95. The molecule has 0 unspecified atom stereocenters. The Balaban J connectivity index is 2.35. The van der Waals surface area contributed by atoms with Crippen molar-refractivity contribution in [3.05, 3.63) is 30.6 Å². The van der Waals surface area contributed by atoms with E-state index in [1.54, 1.807) is 22.6 Å². The van der Waals surface area contributed by atoms with E-state index in [1.165, 1.54) is 6.20 Å². The summed E-state index contributed by atoms with van der Waals surface area (Å²) in [5.41, 5.74) is -1.20. The smallest absolute Gasteiger partial charge is 0.328 e. The number of H-pyrrole nitrogens is 1. The fourth-order valence-corrected chi connectivity index (χ4v) is 2.41. The molecular formula is C10H13IN2O6. The largest absolute Gasteiger partial charge is 0.394 e. The molecule has 4 N–H and O–H groups in total. The zero-order valence-corrected chi connectivity index (χ0v) is 11.9. The van der Waals surface area contributed by atoms with Crippen LogP contribution in [0.5, 0.6) is 0 Å². The first-order valence-electron chi connectivity index (χ1n) is 5.55. The van der Waals surface area contributed by atoms with Gasteiger partial charge in [0.2, 0.25) is 0 Å². The number of halogens is 1. The van der Waals surface area contributed by atoms with Gasteiger partial charge in [-0.05, 0) is 22.6 Å². The summed E-state index contributed by atoms with van der Waals surface area (Å²) in [5.74, 6) is 0. The lowest BCUT2D eigenvalue weighted by Crippen LogP contribution is -2.54. The van der Waals surface area contributed by atoms with Gasteiger partial charge in [-0.1, -0.05) is 0 Å². The molecule has 0 amide bonds. The predicted octanol–water partition coefficient (Wildman–Crippen LogP) is -2.20. The van der Waals surface area contributed by atoms with Gasteiger partial charge in [0.05, 0.1) is 22.8 Å². The van der Waals surface area contributed by atoms with Crippen LogP contribution in [0.15, 0.2) is 15.8 Å². The van der Waals surface area contributed by atoms with Crippen molar-refractivity contribution in [2.45, 2.75) is 24.4 Å². The van der Waals surface area contributed by atoms with E-state index in [-0.39, 0.29) is 10.2 Å². The minimum atomic E-state index is -1.31. The molecule has 2 heterocycles. The number of aliphatic hydroxyl groups is 3. The van der Waals surface area contributed by atoms with E-state index in [2.05, 4.69) is 4.98 Å². The normalized spacial score (nSPS) is 31.4. The highest BCUT2D eigenvalue weighted by atomic mass is 127. The van der Waals surface area contributed by atoms with Crippen LogP contribution in [0.3, 0.4) is 0 Å². The Labute approximate surface area is 120 Å². The molecule has 19 heavy (non-hydrogen) atoms. The molecule has 2 rings (SSSR count). The Morgan fingerprint density at radius 1 is 1.42 bits per heavy atom. The highest BCUT2D eigenvalue weighted by Gasteiger charge is 2.39. The van der Waals surface area contributed by atoms with E-state index in [0.717, 1.165) is 4.57 Å². The fourth-order valence-electron chi connectivity index (χ4n) is 1.98. The molecule has 1 aromatic rings. The zero-order chi connectivity index (χ0) is 14.2. The summed E-state index contributed by atoms with van der Waals surface area (Å²) in [6.07, 6.45) is -2.17. The molecule has 1 aliphatic heterocycles. The van der Waals surface area contributed by atoms with Gasteiger partial charge in [0.1, 0.15) is 18.3 Å². The van der Waals surface area contributed by atoms with Gasteiger partial charge < -0.3 is 20.1 Å². The van der Waals surface area contributed by atoms with Crippen LogP contribution in [0.2, 0.25) is 0 Å². The number of hydrogen-bond acceptors (Lipinski definition) is 6. The van der Waals surface area contributed by atoms with Crippen molar-refractivity contribution in [3.8, 4) is 0 Å². The van der Waals surface area contributed by atoms with Crippen LogP contribution in [-0.2, 0) is 4.74 Å². The monoisotopic (exact) mass is 384 g/mol. The minimum absolute atomic E-state index is 0.0501. The van der Waals surface area contributed by atoms with E-state index < -0.39 is 42.2 Å². The van der Waals surface area contributed by atoms with Crippen LogP contribution < -0.4 is 11.2 Å². The van der Waals surface area contributed by atoms with Crippen LogP contribution in [-0.4, -0.2) is 56.4 Å². The second-order valence-corrected chi connectivity index (χ2v) is 5.41. The molecule has 0 aromatic carbocycles. The summed E-state index contributed by atoms with van der Waals surface area (Å²) in [4.78, 5) is 25.1. The van der Waals surface area contributed by atoms with Crippen molar-refractivity contribution in [2.24, 2.45) is 0 Å². The fraction of sp³-hybridized carbons (Fsp3) is 0.600. The highest BCUT2D eigenvalue weighted by molar-refractivity contribution is 14.1. The van der Waals surface area contributed by atoms with Crippen LogP contribution in [0.1, 0.15) is 6.04 Å². The quantitative estimate of drug-likeness (QED) is 0.429. The maximum atomic E-state index is 11.7. The molecule has 1 aliphatic rings. The lowest BCUT2D eigenvalue weighted by atomic mass is 9.98. The summed E-state index contributed by atoms with van der Waals surface area (Å²) >= 11 is 1.76. The molecule has 106 valence electrons. The van der Waals surface area contributed by atoms with Crippen molar-refractivity contribution in [3.63, 3.8) is 0 Å². The first-order valence-corrected chi connectivity index (χ1v) is 6.63. The van der Waals surface area contributed by atoms with Crippen molar-refractivity contribution in [1.29, 1.82) is 0 Å². The predicted molar refractivity (Wildman–Crippen MR) is 71.9 cm³/mol. The van der Waals surface area contributed by atoms with Gasteiger partial charge in [-0.15, -0.1) is 0 Å². The molecule has 8 nitrogen and oxygen atoms in total. The molecule has 0 aliphatic carbocycles. The second kappa shape index (κ2) is 5.71. The molecular weight excluding hydrogens is 371 g/mol. The SMILES string of the molecule is O=c1[nH]c(=O)n([C@@H]2CO[C@H](CO)[C@@H](O)[C@@H]2O)cc1I. The summed E-state index contributed by atoms with van der Waals surface area (Å²) < 4.78 is 6.58. The number of nitrogens with one attached hydrogen (secondary N) is 1. The average Bonchev–Trinajstić information content (AvgIpc) is 2.37. The van der Waals surface area contributed by atoms with Crippen molar-refractivity contribution in [1.82, 2.24) is 9.55 Å². The number of rotatable bonds is 2. The second-order valence-electron chi connectivity index (χ2n) is 4.25. The summed E-state index contributed by atoms with van der Waals surface area (Å²) in [6.45, 7) is -0.478. The summed E-state index contributed by atoms with van der Waals surface area (Å²) in [5, 5.41) is 28.7. The average molecular weight is 384 g/mol. The molecule has 0 radical (unpaired) electrons. The number of aromatic nitrogens is 2. The molecule has 4 atom stereocenters. The number of aliphatic hydroxyl groups excluding tert-OH is 3. The van der Waals surface area contributed by atoms with E-state index in [4.69, 9.17) is 9.84 Å². The van der Waals surface area contributed by atoms with Crippen molar-refractivity contribution in [2.75, 3.05) is 13.2 Å². The summed E-state index contributed by atoms with van der Waals surface area (Å²) in [6, 6.07) is -0.823. The van der Waals surface area contributed by atoms with Crippen LogP contribution in [0.4, 0.5) is 0 Å². The number of ether oxygens (including phenoxy) is 1. The van der Waals surface area contributed by atoms with Gasteiger partial charge >= 0.3 is 5.69 Å². The summed E-state index contributed by atoms with van der Waals surface area (Å²) in [7, 11) is 0. The van der Waals surface area contributed by atoms with E-state index in [1.807, 2.05) is 0 Å². The molecule has 1 fully saturated rings. The van der Waals surface area contributed by atoms with E-state index in [9.17, 15) is 19.8 Å². The Hall–Kier alpha value is -0.750. The number of hydrogen-bond donors (Lipinski definition) is 4. The van der Waals surface area contributed by atoms with Gasteiger partial charge in [0.15, 0.2) is 0 Å². The van der Waals surface area contributed by atoms with Gasteiger partial charge in [-0.2, -0.15) is 0 Å². The van der Waals surface area contributed by atoms with Crippen LogP contribution in [0.25, 0.3) is 0 Å². The van der Waals surface area contributed by atoms with Gasteiger partial charge in [0.25, 0.3) is 5.56 Å². The first kappa shape index (κ1) is 14.7. The van der Waals surface area contributed by atoms with Crippen molar-refractivity contribution < 1.29 is 20.1 Å². The third-order valence-electron chi connectivity index (χ3n) is 3.07. The highest BCUT2D eigenvalue weighted by Crippen LogP contribution is 2.23. The Morgan fingerprint density at radius 2 is 2.11 bits per heavy atom. The maximum Gasteiger partial charge on any atom is 0.328 e. The molecule has 1 aromatic heterocycles. The Morgan fingerprint density at radius 3 is 2.74 bits per heavy atom. The molecule has 0 bridgehead atoms. The number of aromatic amines is 1. The molecule has 0 saturated carbocycles. The van der Waals surface area contributed by atoms with Gasteiger partial charge in [0, 0.05) is 6.20 Å². The Kier molecular flexibility index (Phi) is 4.40. The lowest BCUT2D eigenvalue weighted by molar-refractivity contribution is -0.170. The third kappa shape index (κ3) is 2.74. The van der Waals surface area contributed by atoms with Crippen LogP contribution >= 0.6 is 22.6 Å². The molecule has 9 heteroatoms. The van der Waals surface area contributed by atoms with E-state index >= 15 is 0 Å². The topological polar surface area (TPSA) is 125 Å². The number of nitrogens with zero attached hydrogens (tertiary/aromatic N) is 1. The molecule has 0 spiro atoms. The zero-order valence-electron chi connectivity index (χ0n) is 9.69. The molecule has 1 saturated heterocycles. The minimum Gasteiger partial charge on any atom is -0.394 e. The van der Waals surface area contributed by atoms with Crippen LogP contribution in [0, 0.1) is 3.57 Å². The standard InChI is InChI=1S/C10H13IN2O6/c11-4-1-13(10(18)12-9(4)17)5-3-19-6(2-14)8(16)7(5)15/h1,5-8,14-16H,2-3H2,(H,12,17,18)/t5-,6-,7-,8-/m1/s1. The Bertz CT molecular complexity index is 570. The van der Waals surface area contributed by atoms with Gasteiger partial charge in [-0.25, -0.2) is 4.79 Å². The van der Waals surface area contributed by atoms with Crippen molar-refractivity contribution >= 4 is 22.6 Å².